The molecule has 0 aliphatic heterocycles. The second kappa shape index (κ2) is 7.19. The van der Waals surface area contributed by atoms with Crippen LogP contribution in [0.25, 0.3) is 0 Å². The Labute approximate surface area is 121 Å². The van der Waals surface area contributed by atoms with Crippen molar-refractivity contribution >= 4 is 10.0 Å². The molecule has 0 bridgehead atoms. The zero-order chi connectivity index (χ0) is 15.3. The number of H-pyrrole nitrogens is 1. The number of nitrogens with one attached hydrogen (secondary N) is 3. The van der Waals surface area contributed by atoms with E-state index in [1.807, 2.05) is 34.6 Å². The molecule has 0 aromatic carbocycles. The van der Waals surface area contributed by atoms with Crippen LogP contribution in [0.2, 0.25) is 0 Å². The summed E-state index contributed by atoms with van der Waals surface area (Å²) in [5.74, 6) is 0.243. The van der Waals surface area contributed by atoms with Gasteiger partial charge in [-0.25, -0.2) is 13.1 Å². The summed E-state index contributed by atoms with van der Waals surface area (Å²) in [6.07, 6.45) is 0.753. The van der Waals surface area contributed by atoms with E-state index in [0.29, 0.717) is 12.1 Å². The van der Waals surface area contributed by atoms with Gasteiger partial charge in [-0.15, -0.1) is 0 Å². The zero-order valence-corrected chi connectivity index (χ0v) is 13.8. The molecule has 0 saturated carbocycles. The highest BCUT2D eigenvalue weighted by Gasteiger charge is 2.27. The van der Waals surface area contributed by atoms with Crippen molar-refractivity contribution in [3.63, 3.8) is 0 Å². The van der Waals surface area contributed by atoms with Gasteiger partial charge in [0, 0.05) is 23.8 Å². The Morgan fingerprint density at radius 1 is 1.30 bits per heavy atom. The maximum Gasteiger partial charge on any atom is 0.260 e. The fraction of sp³-hybridized carbons (Fsp3) is 0.769. The van der Waals surface area contributed by atoms with E-state index in [9.17, 15) is 8.42 Å². The minimum atomic E-state index is -3.59. The van der Waals surface area contributed by atoms with Gasteiger partial charge in [0.05, 0.1) is 0 Å². The van der Waals surface area contributed by atoms with Gasteiger partial charge < -0.3 is 5.32 Å². The normalized spacial score (nSPS) is 13.9. The maximum atomic E-state index is 12.5. The third-order valence-electron chi connectivity index (χ3n) is 3.39. The first-order valence-corrected chi connectivity index (χ1v) is 8.58. The molecule has 7 heteroatoms. The topological polar surface area (TPSA) is 86.9 Å². The highest BCUT2D eigenvalue weighted by atomic mass is 32.2. The molecule has 1 rings (SSSR count). The predicted octanol–water partition coefficient (Wildman–Crippen LogP) is 1.54. The molecule has 6 nitrogen and oxygen atoms in total. The summed E-state index contributed by atoms with van der Waals surface area (Å²) in [5, 5.41) is 9.98. The summed E-state index contributed by atoms with van der Waals surface area (Å²) in [6, 6.07) is -0.0796. The van der Waals surface area contributed by atoms with E-state index in [1.54, 1.807) is 0 Å². The lowest BCUT2D eigenvalue weighted by Crippen LogP contribution is -2.38. The van der Waals surface area contributed by atoms with Gasteiger partial charge in [0.15, 0.2) is 5.03 Å². The van der Waals surface area contributed by atoms with E-state index in [-0.39, 0.29) is 17.0 Å². The molecule has 116 valence electrons. The second-order valence-corrected chi connectivity index (χ2v) is 6.92. The van der Waals surface area contributed by atoms with Crippen LogP contribution in [0.15, 0.2) is 5.03 Å². The Morgan fingerprint density at radius 2 is 1.95 bits per heavy atom. The third kappa shape index (κ3) is 4.04. The molecule has 0 spiro atoms. The quantitative estimate of drug-likeness (QED) is 0.680. The first-order chi connectivity index (χ1) is 9.33. The lowest BCUT2D eigenvalue weighted by atomic mass is 10.0. The van der Waals surface area contributed by atoms with Crippen LogP contribution in [0.1, 0.15) is 45.4 Å². The lowest BCUT2D eigenvalue weighted by Gasteiger charge is -2.20. The highest BCUT2D eigenvalue weighted by Crippen LogP contribution is 2.18. The van der Waals surface area contributed by atoms with E-state index in [2.05, 4.69) is 20.2 Å². The number of rotatable bonds is 8. The molecule has 0 saturated heterocycles. The van der Waals surface area contributed by atoms with Crippen molar-refractivity contribution in [2.45, 2.75) is 58.7 Å². The lowest BCUT2D eigenvalue weighted by molar-refractivity contribution is 0.436. The van der Waals surface area contributed by atoms with Gasteiger partial charge in [0.1, 0.15) is 0 Å². The number of aromatic amines is 1. The van der Waals surface area contributed by atoms with Gasteiger partial charge in [0.25, 0.3) is 10.0 Å². The molecule has 3 N–H and O–H groups in total. The van der Waals surface area contributed by atoms with Crippen LogP contribution in [0.3, 0.4) is 0 Å². The average molecular weight is 302 g/mol. The minimum absolute atomic E-state index is 0.0796. The molecule has 0 radical (unpaired) electrons. The van der Waals surface area contributed by atoms with Crippen LogP contribution < -0.4 is 10.0 Å². The largest absolute Gasteiger partial charge is 0.313 e. The molecule has 0 fully saturated rings. The average Bonchev–Trinajstić information content (AvgIpc) is 2.75. The monoisotopic (exact) mass is 302 g/mol. The summed E-state index contributed by atoms with van der Waals surface area (Å²) in [4.78, 5) is 0. The van der Waals surface area contributed by atoms with Crippen LogP contribution >= 0.6 is 0 Å². The molecule has 0 amide bonds. The number of sulfonamides is 1. The van der Waals surface area contributed by atoms with E-state index in [0.717, 1.165) is 18.7 Å². The van der Waals surface area contributed by atoms with E-state index in [4.69, 9.17) is 0 Å². The number of hydrogen-bond acceptors (Lipinski definition) is 4. The zero-order valence-electron chi connectivity index (χ0n) is 12.9. The Bertz CT molecular complexity index is 522. The Balaban J connectivity index is 3.03. The Morgan fingerprint density at radius 3 is 2.45 bits per heavy atom. The first kappa shape index (κ1) is 17.1. The predicted molar refractivity (Wildman–Crippen MR) is 79.9 cm³/mol. The number of aromatic nitrogens is 2. The van der Waals surface area contributed by atoms with Crippen LogP contribution in [-0.2, 0) is 16.6 Å². The fourth-order valence-corrected chi connectivity index (χ4v) is 3.72. The van der Waals surface area contributed by atoms with Gasteiger partial charge in [0.2, 0.25) is 0 Å². The van der Waals surface area contributed by atoms with Crippen molar-refractivity contribution in [3.8, 4) is 0 Å². The molecule has 20 heavy (non-hydrogen) atoms. The molecule has 1 aromatic heterocycles. The molecule has 1 aromatic rings. The smallest absolute Gasteiger partial charge is 0.260 e. The van der Waals surface area contributed by atoms with Crippen LogP contribution in [0.4, 0.5) is 0 Å². The van der Waals surface area contributed by atoms with Crippen molar-refractivity contribution < 1.29 is 8.42 Å². The minimum Gasteiger partial charge on any atom is -0.313 e. The van der Waals surface area contributed by atoms with Crippen LogP contribution in [0, 0.1) is 12.8 Å². The van der Waals surface area contributed by atoms with Gasteiger partial charge >= 0.3 is 0 Å². The first-order valence-electron chi connectivity index (χ1n) is 7.10. The number of nitrogens with zero attached hydrogens (tertiary/aromatic N) is 1. The summed E-state index contributed by atoms with van der Waals surface area (Å²) in [7, 11) is -3.59. The summed E-state index contributed by atoms with van der Waals surface area (Å²) in [5.41, 5.74) is 1.49. The molecule has 0 aliphatic carbocycles. The maximum absolute atomic E-state index is 12.5. The summed E-state index contributed by atoms with van der Waals surface area (Å²) in [6.45, 7) is 11.1. The SMILES string of the molecule is CCNCc1c(S(=O)(=O)NC(CC)C(C)C)n[nH]c1C. The molecule has 0 aliphatic rings. The molecular weight excluding hydrogens is 276 g/mol. The van der Waals surface area contributed by atoms with Gasteiger partial charge in [-0.2, -0.15) is 5.10 Å². The van der Waals surface area contributed by atoms with Crippen LogP contribution in [0.5, 0.6) is 0 Å². The second-order valence-electron chi connectivity index (χ2n) is 5.29. The molecule has 1 unspecified atom stereocenters. The van der Waals surface area contributed by atoms with Crippen molar-refractivity contribution in [3.05, 3.63) is 11.3 Å². The van der Waals surface area contributed by atoms with E-state index < -0.39 is 10.0 Å². The standard InChI is InChI=1S/C13H26N4O2S/c1-6-12(9(3)4)17-20(18,19)13-11(8-14-7-2)10(5)15-16-13/h9,12,14,17H,6-8H2,1-5H3,(H,15,16). The van der Waals surface area contributed by atoms with Crippen molar-refractivity contribution in [1.82, 2.24) is 20.2 Å². The van der Waals surface area contributed by atoms with Gasteiger partial charge in [-0.3, -0.25) is 5.10 Å². The molecular formula is C13H26N4O2S. The van der Waals surface area contributed by atoms with E-state index >= 15 is 0 Å². The number of hydrogen-bond donors (Lipinski definition) is 3. The van der Waals surface area contributed by atoms with Gasteiger partial charge in [-0.1, -0.05) is 27.7 Å². The van der Waals surface area contributed by atoms with E-state index in [1.165, 1.54) is 0 Å². The molecule has 1 heterocycles. The van der Waals surface area contributed by atoms with Crippen LogP contribution in [-0.4, -0.2) is 31.2 Å². The number of aryl methyl sites for hydroxylation is 1. The molecule has 1 atom stereocenters. The van der Waals surface area contributed by atoms with Crippen molar-refractivity contribution in [2.75, 3.05) is 6.54 Å². The highest BCUT2D eigenvalue weighted by molar-refractivity contribution is 7.89. The Kier molecular flexibility index (Phi) is 6.16. The Hall–Kier alpha value is -0.920. The summed E-state index contributed by atoms with van der Waals surface area (Å²) >= 11 is 0. The van der Waals surface area contributed by atoms with Crippen molar-refractivity contribution in [2.24, 2.45) is 5.92 Å². The van der Waals surface area contributed by atoms with Crippen molar-refractivity contribution in [1.29, 1.82) is 0 Å². The third-order valence-corrected chi connectivity index (χ3v) is 4.85. The fourth-order valence-electron chi connectivity index (χ4n) is 2.06. The van der Waals surface area contributed by atoms with Gasteiger partial charge in [-0.05, 0) is 25.8 Å². The summed E-state index contributed by atoms with van der Waals surface area (Å²) < 4.78 is 27.7.